The van der Waals surface area contributed by atoms with Gasteiger partial charge in [0, 0.05) is 20.3 Å². The van der Waals surface area contributed by atoms with Crippen LogP contribution in [0.1, 0.15) is 21.9 Å². The minimum Gasteiger partial charge on any atom is -0.363 e. The lowest BCUT2D eigenvalue weighted by molar-refractivity contribution is 0.0821. The lowest BCUT2D eigenvalue weighted by atomic mass is 10.3. The fraction of sp³-hybridized carbons (Fsp3) is 0.308. The molecule has 1 N–H and O–H groups in total. The monoisotopic (exact) mass is 272 g/mol. The third-order valence-corrected chi connectivity index (χ3v) is 2.57. The average molecular weight is 272 g/mol. The molecule has 2 heterocycles. The van der Waals surface area contributed by atoms with E-state index in [0.717, 1.165) is 11.4 Å². The van der Waals surface area contributed by atoms with Gasteiger partial charge in [-0.05, 0) is 19.1 Å². The van der Waals surface area contributed by atoms with Crippen molar-refractivity contribution in [3.63, 3.8) is 0 Å². The van der Waals surface area contributed by atoms with Crippen LogP contribution >= 0.6 is 0 Å². The molecular formula is C13H16N6O. The first-order valence-electron chi connectivity index (χ1n) is 6.13. The van der Waals surface area contributed by atoms with Gasteiger partial charge in [-0.1, -0.05) is 0 Å². The van der Waals surface area contributed by atoms with Crippen LogP contribution in [-0.2, 0) is 6.54 Å². The minimum atomic E-state index is -0.173. The second-order valence-corrected chi connectivity index (χ2v) is 4.51. The summed E-state index contributed by atoms with van der Waals surface area (Å²) in [5, 5.41) is 10.9. The molecule has 0 aliphatic carbocycles. The van der Waals surface area contributed by atoms with Crippen LogP contribution in [0.2, 0.25) is 0 Å². The molecule has 104 valence electrons. The molecule has 7 nitrogen and oxygen atoms in total. The Morgan fingerprint density at radius 2 is 2.00 bits per heavy atom. The molecule has 2 rings (SSSR count). The highest BCUT2D eigenvalue weighted by Gasteiger charge is 2.09. The van der Waals surface area contributed by atoms with Gasteiger partial charge < -0.3 is 10.2 Å². The van der Waals surface area contributed by atoms with Crippen molar-refractivity contribution in [2.24, 2.45) is 0 Å². The Hall–Kier alpha value is -2.57. The lowest BCUT2D eigenvalue weighted by Gasteiger charge is -2.09. The summed E-state index contributed by atoms with van der Waals surface area (Å²) in [7, 11) is 3.35. The number of hydrogen-bond acceptors (Lipinski definition) is 6. The van der Waals surface area contributed by atoms with E-state index in [9.17, 15) is 4.79 Å². The summed E-state index contributed by atoms with van der Waals surface area (Å²) in [6.45, 7) is 2.39. The molecule has 0 bridgehead atoms. The van der Waals surface area contributed by atoms with Crippen molar-refractivity contribution >= 4 is 11.7 Å². The lowest BCUT2D eigenvalue weighted by Crippen LogP contribution is -2.23. The number of carbonyl (C=O) groups excluding carboxylic acids is 1. The Kier molecular flexibility index (Phi) is 4.19. The molecule has 0 unspecified atom stereocenters. The topological polar surface area (TPSA) is 83.9 Å². The fourth-order valence-electron chi connectivity index (χ4n) is 1.46. The first-order chi connectivity index (χ1) is 9.56. The largest absolute Gasteiger partial charge is 0.363 e. The number of hydrogen-bond donors (Lipinski definition) is 1. The fourth-order valence-corrected chi connectivity index (χ4v) is 1.46. The molecule has 0 saturated carbocycles. The number of aryl methyl sites for hydroxylation is 1. The maximum absolute atomic E-state index is 11.7. The van der Waals surface area contributed by atoms with Gasteiger partial charge in [-0.25, -0.2) is 0 Å². The first-order valence-corrected chi connectivity index (χ1v) is 6.13. The van der Waals surface area contributed by atoms with Crippen LogP contribution in [-0.4, -0.2) is 45.1 Å². The maximum atomic E-state index is 11.7. The smallest absolute Gasteiger partial charge is 0.273 e. The molecule has 0 aliphatic heterocycles. The van der Waals surface area contributed by atoms with Crippen molar-refractivity contribution in [1.29, 1.82) is 0 Å². The maximum Gasteiger partial charge on any atom is 0.273 e. The molecule has 0 aliphatic rings. The van der Waals surface area contributed by atoms with Crippen molar-refractivity contribution in [3.8, 4) is 0 Å². The molecule has 20 heavy (non-hydrogen) atoms. The van der Waals surface area contributed by atoms with Crippen molar-refractivity contribution in [2.45, 2.75) is 13.5 Å². The van der Waals surface area contributed by atoms with Crippen LogP contribution in [0.15, 0.2) is 24.5 Å². The van der Waals surface area contributed by atoms with E-state index in [-0.39, 0.29) is 5.91 Å². The van der Waals surface area contributed by atoms with Crippen LogP contribution < -0.4 is 5.32 Å². The molecule has 0 radical (unpaired) electrons. The minimum absolute atomic E-state index is 0.173. The van der Waals surface area contributed by atoms with Crippen LogP contribution in [0.25, 0.3) is 0 Å². The van der Waals surface area contributed by atoms with E-state index in [2.05, 4.69) is 25.5 Å². The molecular weight excluding hydrogens is 256 g/mol. The van der Waals surface area contributed by atoms with Gasteiger partial charge in [0.25, 0.3) is 5.91 Å². The van der Waals surface area contributed by atoms with Crippen LogP contribution in [0.4, 0.5) is 5.82 Å². The van der Waals surface area contributed by atoms with E-state index >= 15 is 0 Å². The average Bonchev–Trinajstić information content (AvgIpc) is 2.46. The van der Waals surface area contributed by atoms with Crippen molar-refractivity contribution < 1.29 is 4.79 Å². The standard InChI is InChI=1S/C13H16N6O/c1-9-6-15-10(7-14-9)8-16-12-5-4-11(17-18-12)13(20)19(2)3/h4-7H,8H2,1-3H3,(H,16,18). The van der Waals surface area contributed by atoms with Gasteiger partial charge >= 0.3 is 0 Å². The van der Waals surface area contributed by atoms with Gasteiger partial charge in [-0.2, -0.15) is 0 Å². The number of nitrogens with zero attached hydrogens (tertiary/aromatic N) is 5. The summed E-state index contributed by atoms with van der Waals surface area (Å²) in [6.07, 6.45) is 3.42. The highest BCUT2D eigenvalue weighted by atomic mass is 16.2. The van der Waals surface area contributed by atoms with Crippen LogP contribution in [0.3, 0.4) is 0 Å². The quantitative estimate of drug-likeness (QED) is 0.889. The molecule has 0 spiro atoms. The van der Waals surface area contributed by atoms with Gasteiger partial charge in [-0.3, -0.25) is 14.8 Å². The molecule has 0 fully saturated rings. The normalized spacial score (nSPS) is 10.2. The summed E-state index contributed by atoms with van der Waals surface area (Å²) in [6, 6.07) is 3.35. The predicted octanol–water partition coefficient (Wildman–Crippen LogP) is 0.889. The van der Waals surface area contributed by atoms with Crippen LogP contribution in [0.5, 0.6) is 0 Å². The number of amides is 1. The zero-order valence-electron chi connectivity index (χ0n) is 11.7. The van der Waals surface area contributed by atoms with E-state index in [1.165, 1.54) is 4.90 Å². The molecule has 0 aromatic carbocycles. The Morgan fingerprint density at radius 3 is 2.55 bits per heavy atom. The number of anilines is 1. The highest BCUT2D eigenvalue weighted by Crippen LogP contribution is 2.05. The Bertz CT molecular complexity index is 579. The number of aromatic nitrogens is 4. The number of nitrogens with one attached hydrogen (secondary N) is 1. The molecule has 7 heteroatoms. The third kappa shape index (κ3) is 3.47. The summed E-state index contributed by atoms with van der Waals surface area (Å²) in [4.78, 5) is 21.5. The van der Waals surface area contributed by atoms with E-state index in [0.29, 0.717) is 18.1 Å². The summed E-state index contributed by atoms with van der Waals surface area (Å²) in [5.74, 6) is 0.413. The number of carbonyl (C=O) groups is 1. The summed E-state index contributed by atoms with van der Waals surface area (Å²) in [5.41, 5.74) is 2.00. The zero-order valence-corrected chi connectivity index (χ0v) is 11.7. The van der Waals surface area contributed by atoms with Gasteiger partial charge in [0.05, 0.1) is 24.1 Å². The van der Waals surface area contributed by atoms with E-state index in [1.807, 2.05) is 6.92 Å². The van der Waals surface area contributed by atoms with Gasteiger partial charge in [-0.15, -0.1) is 10.2 Å². The Morgan fingerprint density at radius 1 is 1.20 bits per heavy atom. The Labute approximate surface area is 117 Å². The highest BCUT2D eigenvalue weighted by molar-refractivity contribution is 5.91. The molecule has 0 saturated heterocycles. The second kappa shape index (κ2) is 6.05. The van der Waals surface area contributed by atoms with E-state index in [1.54, 1.807) is 38.6 Å². The molecule has 2 aromatic rings. The predicted molar refractivity (Wildman–Crippen MR) is 74.1 cm³/mol. The Balaban J connectivity index is 1.97. The molecule has 0 atom stereocenters. The second-order valence-electron chi connectivity index (χ2n) is 4.51. The zero-order chi connectivity index (χ0) is 14.5. The van der Waals surface area contributed by atoms with Gasteiger partial charge in [0.15, 0.2) is 5.69 Å². The SMILES string of the molecule is Cc1cnc(CNc2ccc(C(=O)N(C)C)nn2)cn1. The van der Waals surface area contributed by atoms with Crippen molar-refractivity contribution in [2.75, 3.05) is 19.4 Å². The van der Waals surface area contributed by atoms with E-state index in [4.69, 9.17) is 0 Å². The molecule has 2 aromatic heterocycles. The van der Waals surface area contributed by atoms with Crippen molar-refractivity contribution in [3.05, 3.63) is 41.6 Å². The number of rotatable bonds is 4. The van der Waals surface area contributed by atoms with Gasteiger partial charge in [0.1, 0.15) is 5.82 Å². The van der Waals surface area contributed by atoms with E-state index < -0.39 is 0 Å². The van der Waals surface area contributed by atoms with Crippen LogP contribution in [0, 0.1) is 6.92 Å². The summed E-state index contributed by atoms with van der Waals surface area (Å²) >= 11 is 0. The molecule has 1 amide bonds. The van der Waals surface area contributed by atoms with Crippen molar-refractivity contribution in [1.82, 2.24) is 25.1 Å². The van der Waals surface area contributed by atoms with Gasteiger partial charge in [0.2, 0.25) is 0 Å². The third-order valence-electron chi connectivity index (χ3n) is 2.57. The summed E-state index contributed by atoms with van der Waals surface area (Å²) < 4.78 is 0. The first kappa shape index (κ1) is 13.9.